The molecule has 1 aromatic heterocycles. The lowest BCUT2D eigenvalue weighted by Crippen LogP contribution is -2.16. The van der Waals surface area contributed by atoms with Crippen molar-refractivity contribution in [2.24, 2.45) is 0 Å². The Labute approximate surface area is 90.1 Å². The van der Waals surface area contributed by atoms with Crippen molar-refractivity contribution in [2.75, 3.05) is 0 Å². The van der Waals surface area contributed by atoms with Crippen LogP contribution in [-0.2, 0) is 6.54 Å². The molecule has 2 rings (SSSR count). The van der Waals surface area contributed by atoms with Crippen LogP contribution >= 0.6 is 0 Å². The molecule has 0 saturated heterocycles. The van der Waals surface area contributed by atoms with Crippen LogP contribution in [0.25, 0.3) is 0 Å². The normalized spacial score (nSPS) is 15.7. The van der Waals surface area contributed by atoms with E-state index in [1.165, 1.54) is 12.8 Å². The lowest BCUT2D eigenvalue weighted by molar-refractivity contribution is 0.231. The lowest BCUT2D eigenvalue weighted by Gasteiger charge is -2.08. The molecule has 0 aromatic carbocycles. The average Bonchev–Trinajstić information content (AvgIpc) is 2.99. The van der Waals surface area contributed by atoms with Gasteiger partial charge in [0.25, 0.3) is 0 Å². The summed E-state index contributed by atoms with van der Waals surface area (Å²) >= 11 is 0. The lowest BCUT2D eigenvalue weighted by atomic mass is 10.4. The summed E-state index contributed by atoms with van der Waals surface area (Å²) < 4.78 is 5.41. The third kappa shape index (κ3) is 3.47. The van der Waals surface area contributed by atoms with Gasteiger partial charge in [-0.15, -0.1) is 0 Å². The minimum absolute atomic E-state index is 0.148. The Kier molecular flexibility index (Phi) is 3.16. The highest BCUT2D eigenvalue weighted by molar-refractivity contribution is 5.07. The highest BCUT2D eigenvalue weighted by Crippen LogP contribution is 2.19. The van der Waals surface area contributed by atoms with Crippen LogP contribution in [0.4, 0.5) is 0 Å². The van der Waals surface area contributed by atoms with Gasteiger partial charge in [0.05, 0.1) is 24.2 Å². The summed E-state index contributed by atoms with van der Waals surface area (Å²) in [5.41, 5.74) is 0.970. The van der Waals surface area contributed by atoms with E-state index in [0.717, 1.165) is 12.2 Å². The molecule has 1 N–H and O–H groups in total. The van der Waals surface area contributed by atoms with Crippen molar-refractivity contribution in [1.82, 2.24) is 15.3 Å². The zero-order valence-electron chi connectivity index (χ0n) is 9.23. The number of nitrogens with zero attached hydrogens (tertiary/aromatic N) is 2. The topological polar surface area (TPSA) is 47.0 Å². The zero-order chi connectivity index (χ0) is 10.7. The van der Waals surface area contributed by atoms with Crippen LogP contribution in [0, 0.1) is 0 Å². The van der Waals surface area contributed by atoms with Crippen LogP contribution in [0.3, 0.4) is 0 Å². The van der Waals surface area contributed by atoms with E-state index in [0.29, 0.717) is 11.9 Å². The minimum Gasteiger partial charge on any atom is -0.474 e. The van der Waals surface area contributed by atoms with Gasteiger partial charge in [0.15, 0.2) is 0 Å². The van der Waals surface area contributed by atoms with Crippen LogP contribution in [0.1, 0.15) is 32.4 Å². The fraction of sp³-hybridized carbons (Fsp3) is 0.636. The maximum Gasteiger partial charge on any atom is 0.232 e. The first-order valence-electron chi connectivity index (χ1n) is 5.45. The van der Waals surface area contributed by atoms with E-state index in [1.54, 1.807) is 12.4 Å². The van der Waals surface area contributed by atoms with E-state index in [4.69, 9.17) is 4.74 Å². The zero-order valence-corrected chi connectivity index (χ0v) is 9.23. The van der Waals surface area contributed by atoms with Crippen molar-refractivity contribution in [3.63, 3.8) is 0 Å². The number of hydrogen-bond acceptors (Lipinski definition) is 4. The first kappa shape index (κ1) is 10.4. The summed E-state index contributed by atoms with van der Waals surface area (Å²) in [6.45, 7) is 4.76. The molecule has 0 unspecified atom stereocenters. The molecule has 1 aliphatic rings. The van der Waals surface area contributed by atoms with E-state index in [9.17, 15) is 0 Å². The maximum absolute atomic E-state index is 5.41. The molecule has 0 radical (unpaired) electrons. The van der Waals surface area contributed by atoms with Crippen molar-refractivity contribution < 1.29 is 4.74 Å². The molecule has 15 heavy (non-hydrogen) atoms. The van der Waals surface area contributed by atoms with Gasteiger partial charge in [0.2, 0.25) is 5.88 Å². The second-order valence-electron chi connectivity index (χ2n) is 4.17. The fourth-order valence-electron chi connectivity index (χ4n) is 1.27. The van der Waals surface area contributed by atoms with Gasteiger partial charge >= 0.3 is 0 Å². The van der Waals surface area contributed by atoms with Crippen LogP contribution in [0.2, 0.25) is 0 Å². The quantitative estimate of drug-likeness (QED) is 0.795. The second kappa shape index (κ2) is 4.57. The van der Waals surface area contributed by atoms with Gasteiger partial charge in [-0.1, -0.05) is 0 Å². The van der Waals surface area contributed by atoms with Crippen molar-refractivity contribution in [3.8, 4) is 5.88 Å². The number of hydrogen-bond donors (Lipinski definition) is 1. The summed E-state index contributed by atoms with van der Waals surface area (Å²) in [5.74, 6) is 0.597. The average molecular weight is 207 g/mol. The van der Waals surface area contributed by atoms with Crippen molar-refractivity contribution in [1.29, 1.82) is 0 Å². The predicted octanol–water partition coefficient (Wildman–Crippen LogP) is 1.52. The second-order valence-corrected chi connectivity index (χ2v) is 4.17. The monoisotopic (exact) mass is 207 g/mol. The van der Waals surface area contributed by atoms with Gasteiger partial charge in [-0.2, -0.15) is 0 Å². The summed E-state index contributed by atoms with van der Waals surface area (Å²) in [6, 6.07) is 0.707. The van der Waals surface area contributed by atoms with Gasteiger partial charge in [-0.3, -0.25) is 4.98 Å². The first-order chi connectivity index (χ1) is 7.24. The molecule has 0 amide bonds. The standard InChI is InChI=1S/C11H17N3O/c1-8(2)15-11-7-13-10(6-14-11)5-12-9-3-4-9/h6-9,12H,3-5H2,1-2H3. The maximum atomic E-state index is 5.41. The molecule has 1 saturated carbocycles. The fourth-order valence-corrected chi connectivity index (χ4v) is 1.27. The Bertz CT molecular complexity index is 306. The molecule has 4 heteroatoms. The van der Waals surface area contributed by atoms with Gasteiger partial charge < -0.3 is 10.1 Å². The van der Waals surface area contributed by atoms with Crippen molar-refractivity contribution >= 4 is 0 Å². The third-order valence-corrected chi connectivity index (χ3v) is 2.19. The third-order valence-electron chi connectivity index (χ3n) is 2.19. The molecular weight excluding hydrogens is 190 g/mol. The molecule has 1 aliphatic carbocycles. The van der Waals surface area contributed by atoms with Crippen LogP contribution in [-0.4, -0.2) is 22.1 Å². The van der Waals surface area contributed by atoms with Gasteiger partial charge in [-0.25, -0.2) is 4.98 Å². The van der Waals surface area contributed by atoms with E-state index < -0.39 is 0 Å². The molecule has 82 valence electrons. The highest BCUT2D eigenvalue weighted by atomic mass is 16.5. The van der Waals surface area contributed by atoms with Crippen molar-refractivity contribution in [2.45, 2.75) is 45.4 Å². The molecule has 0 atom stereocenters. The first-order valence-corrected chi connectivity index (χ1v) is 5.45. The van der Waals surface area contributed by atoms with Crippen LogP contribution in [0.15, 0.2) is 12.4 Å². The van der Waals surface area contributed by atoms with Crippen LogP contribution < -0.4 is 10.1 Å². The summed E-state index contributed by atoms with van der Waals surface area (Å²) in [6.07, 6.45) is 6.19. The SMILES string of the molecule is CC(C)Oc1cnc(CNC2CC2)cn1. The summed E-state index contributed by atoms with van der Waals surface area (Å²) in [5, 5.41) is 3.39. The molecule has 4 nitrogen and oxygen atoms in total. The van der Waals surface area contributed by atoms with E-state index >= 15 is 0 Å². The van der Waals surface area contributed by atoms with Crippen molar-refractivity contribution in [3.05, 3.63) is 18.1 Å². The molecule has 0 bridgehead atoms. The number of ether oxygens (including phenoxy) is 1. The van der Waals surface area contributed by atoms with E-state index in [2.05, 4.69) is 15.3 Å². The smallest absolute Gasteiger partial charge is 0.232 e. The molecule has 1 heterocycles. The Balaban J connectivity index is 1.85. The molecule has 0 spiro atoms. The van der Waals surface area contributed by atoms with Gasteiger partial charge in [-0.05, 0) is 26.7 Å². The minimum atomic E-state index is 0.148. The molecular formula is C11H17N3O. The molecule has 1 fully saturated rings. The number of nitrogens with one attached hydrogen (secondary N) is 1. The Hall–Kier alpha value is -1.16. The Morgan fingerprint density at radius 3 is 2.73 bits per heavy atom. The molecule has 0 aliphatic heterocycles. The summed E-state index contributed by atoms with van der Waals surface area (Å²) in [7, 11) is 0. The Morgan fingerprint density at radius 2 is 2.20 bits per heavy atom. The summed E-state index contributed by atoms with van der Waals surface area (Å²) in [4.78, 5) is 8.47. The van der Waals surface area contributed by atoms with Gasteiger partial charge in [0, 0.05) is 12.6 Å². The predicted molar refractivity (Wildman–Crippen MR) is 57.7 cm³/mol. The molecule has 1 aromatic rings. The number of aromatic nitrogens is 2. The Morgan fingerprint density at radius 1 is 1.40 bits per heavy atom. The number of rotatable bonds is 5. The van der Waals surface area contributed by atoms with Crippen LogP contribution in [0.5, 0.6) is 5.88 Å². The highest BCUT2D eigenvalue weighted by Gasteiger charge is 2.20. The van der Waals surface area contributed by atoms with Gasteiger partial charge in [0.1, 0.15) is 0 Å². The van der Waals surface area contributed by atoms with E-state index in [-0.39, 0.29) is 6.10 Å². The van der Waals surface area contributed by atoms with E-state index in [1.807, 2.05) is 13.8 Å². The largest absolute Gasteiger partial charge is 0.474 e.